The van der Waals surface area contributed by atoms with Gasteiger partial charge in [0.05, 0.1) is 41.7 Å². The first-order chi connectivity index (χ1) is 14.7. The largest absolute Gasteiger partial charge is 0.472 e. The second kappa shape index (κ2) is 6.85. The molecule has 0 spiro atoms. The van der Waals surface area contributed by atoms with E-state index in [-0.39, 0.29) is 34.9 Å². The highest BCUT2D eigenvalue weighted by Gasteiger charge is 2.61. The predicted octanol–water partition coefficient (Wildman–Crippen LogP) is 4.21. The summed E-state index contributed by atoms with van der Waals surface area (Å²) in [4.78, 5) is 22.2. The van der Waals surface area contributed by atoms with E-state index in [1.807, 2.05) is 24.4 Å². The number of aromatic nitrogens is 3. The number of aryl methyl sites for hydroxylation is 1. The van der Waals surface area contributed by atoms with Gasteiger partial charge in [0.15, 0.2) is 5.78 Å². The van der Waals surface area contributed by atoms with Crippen LogP contribution in [-0.2, 0) is 16.6 Å². The number of carbonyl (C=O) groups is 1. The summed E-state index contributed by atoms with van der Waals surface area (Å²) in [6, 6.07) is 4.85. The van der Waals surface area contributed by atoms with Crippen LogP contribution in [0.1, 0.15) is 60.9 Å². The molecule has 2 aliphatic heterocycles. The average molecular weight is 423 g/mol. The molecule has 1 saturated carbocycles. The van der Waals surface area contributed by atoms with E-state index >= 15 is 0 Å². The highest BCUT2D eigenvalue weighted by atomic mass is 19.1. The number of rotatable bonds is 6. The third kappa shape index (κ3) is 3.31. The molecule has 1 aromatic carbocycles. The summed E-state index contributed by atoms with van der Waals surface area (Å²) in [5.74, 6) is -0.416. The lowest BCUT2D eigenvalue weighted by Crippen LogP contribution is -2.45. The van der Waals surface area contributed by atoms with Crippen molar-refractivity contribution >= 4 is 11.4 Å². The van der Waals surface area contributed by atoms with Crippen molar-refractivity contribution in [1.82, 2.24) is 14.4 Å². The van der Waals surface area contributed by atoms with E-state index in [1.165, 1.54) is 6.07 Å². The number of nitrogens with zero attached hydrogens (tertiary/aromatic N) is 3. The van der Waals surface area contributed by atoms with Gasteiger partial charge >= 0.3 is 0 Å². The number of fused-ring (bicyclic) bond motifs is 2. The van der Waals surface area contributed by atoms with Crippen LogP contribution in [0.15, 0.2) is 30.6 Å². The third-order valence-electron chi connectivity index (χ3n) is 6.30. The SMILES string of the molecule is Cc1cccc(C(=O)Cc2cn3cc(C45COC(C)(C4)C5)nc3c(OC(C)C)n2)c1F. The van der Waals surface area contributed by atoms with E-state index in [0.717, 1.165) is 18.5 Å². The maximum Gasteiger partial charge on any atom is 0.258 e. The molecular weight excluding hydrogens is 397 g/mol. The number of hydrogen-bond donors (Lipinski definition) is 0. The van der Waals surface area contributed by atoms with Gasteiger partial charge in [0.2, 0.25) is 5.65 Å². The van der Waals surface area contributed by atoms with Crippen molar-refractivity contribution < 1.29 is 18.7 Å². The standard InChI is InChI=1S/C24H26FN3O3/c1-14(2)31-22-21-27-19(24-11-23(4,12-24)30-13-24)10-28(21)9-16(26-22)8-18(29)17-7-5-6-15(3)20(17)25/h5-7,9-10,14H,8,11-13H2,1-4H3. The van der Waals surface area contributed by atoms with Crippen molar-refractivity contribution in [2.45, 2.75) is 64.1 Å². The quantitative estimate of drug-likeness (QED) is 0.556. The third-order valence-corrected chi connectivity index (χ3v) is 6.30. The molecule has 2 bridgehead atoms. The van der Waals surface area contributed by atoms with Crippen molar-refractivity contribution in [3.63, 3.8) is 0 Å². The van der Waals surface area contributed by atoms with E-state index in [4.69, 9.17) is 14.5 Å². The summed E-state index contributed by atoms with van der Waals surface area (Å²) >= 11 is 0. The maximum absolute atomic E-state index is 14.4. The average Bonchev–Trinajstić information content (AvgIpc) is 3.34. The van der Waals surface area contributed by atoms with Gasteiger partial charge in [0.1, 0.15) is 5.82 Å². The number of ketones is 1. The molecule has 4 heterocycles. The molecule has 1 aliphatic carbocycles. The summed E-state index contributed by atoms with van der Waals surface area (Å²) in [5.41, 5.74) is 2.52. The van der Waals surface area contributed by atoms with E-state index in [2.05, 4.69) is 11.9 Å². The van der Waals surface area contributed by atoms with Crippen molar-refractivity contribution in [1.29, 1.82) is 0 Å². The molecule has 0 atom stereocenters. The zero-order chi connectivity index (χ0) is 22.0. The molecule has 2 saturated heterocycles. The minimum Gasteiger partial charge on any atom is -0.472 e. The monoisotopic (exact) mass is 423 g/mol. The van der Waals surface area contributed by atoms with Crippen LogP contribution in [0.2, 0.25) is 0 Å². The Morgan fingerprint density at radius 2 is 2.06 bits per heavy atom. The Hall–Kier alpha value is -2.80. The molecule has 0 radical (unpaired) electrons. The van der Waals surface area contributed by atoms with Crippen LogP contribution in [0, 0.1) is 12.7 Å². The van der Waals surface area contributed by atoms with Crippen LogP contribution >= 0.6 is 0 Å². The first-order valence-corrected chi connectivity index (χ1v) is 10.7. The van der Waals surface area contributed by atoms with Crippen molar-refractivity contribution in [3.05, 3.63) is 58.9 Å². The van der Waals surface area contributed by atoms with Crippen LogP contribution in [0.5, 0.6) is 5.88 Å². The smallest absolute Gasteiger partial charge is 0.258 e. The van der Waals surface area contributed by atoms with Crippen molar-refractivity contribution in [2.75, 3.05) is 6.61 Å². The summed E-state index contributed by atoms with van der Waals surface area (Å²) in [5, 5.41) is 0. The molecule has 2 aromatic heterocycles. The molecule has 6 nitrogen and oxygen atoms in total. The fraction of sp³-hybridized carbons (Fsp3) is 0.458. The Morgan fingerprint density at radius 1 is 1.29 bits per heavy atom. The molecular formula is C24H26FN3O3. The Kier molecular flexibility index (Phi) is 4.45. The highest BCUT2D eigenvalue weighted by molar-refractivity contribution is 5.97. The number of ether oxygens (including phenoxy) is 2. The van der Waals surface area contributed by atoms with E-state index in [9.17, 15) is 9.18 Å². The Bertz CT molecular complexity index is 1190. The second-order valence-corrected chi connectivity index (χ2v) is 9.47. The lowest BCUT2D eigenvalue weighted by molar-refractivity contribution is 0.0154. The molecule has 6 rings (SSSR count). The first-order valence-electron chi connectivity index (χ1n) is 10.7. The van der Waals surface area contributed by atoms with Gasteiger partial charge in [-0.3, -0.25) is 4.79 Å². The van der Waals surface area contributed by atoms with Gasteiger partial charge in [-0.15, -0.1) is 0 Å². The minimum atomic E-state index is -0.481. The lowest BCUT2D eigenvalue weighted by Gasteiger charge is -2.41. The zero-order valence-electron chi connectivity index (χ0n) is 18.2. The summed E-state index contributed by atoms with van der Waals surface area (Å²) in [6.45, 7) is 8.29. The van der Waals surface area contributed by atoms with Crippen molar-refractivity contribution in [3.8, 4) is 5.88 Å². The Balaban J connectivity index is 1.51. The minimum absolute atomic E-state index is 0.0232. The van der Waals surface area contributed by atoms with E-state index < -0.39 is 5.82 Å². The Morgan fingerprint density at radius 3 is 2.74 bits per heavy atom. The number of benzene rings is 1. The molecule has 162 valence electrons. The second-order valence-electron chi connectivity index (χ2n) is 9.47. The van der Waals surface area contributed by atoms with Gasteiger partial charge in [-0.1, -0.05) is 12.1 Å². The molecule has 0 amide bonds. The maximum atomic E-state index is 14.4. The van der Waals surface area contributed by atoms with Crippen molar-refractivity contribution in [2.24, 2.45) is 0 Å². The number of halogens is 1. The molecule has 3 aliphatic rings. The number of imidazole rings is 1. The van der Waals surface area contributed by atoms with Crippen LogP contribution in [0.4, 0.5) is 4.39 Å². The molecule has 3 fully saturated rings. The van der Waals surface area contributed by atoms with Gasteiger partial charge in [-0.25, -0.2) is 14.4 Å². The normalized spacial score (nSPS) is 24.6. The van der Waals surface area contributed by atoms with Gasteiger partial charge in [0.25, 0.3) is 5.88 Å². The van der Waals surface area contributed by atoms with Crippen LogP contribution < -0.4 is 4.74 Å². The van der Waals surface area contributed by atoms with Crippen LogP contribution in [-0.4, -0.2) is 38.5 Å². The topological polar surface area (TPSA) is 65.7 Å². The number of carbonyl (C=O) groups excluding carboxylic acids is 1. The van der Waals surface area contributed by atoms with Crippen LogP contribution in [0.3, 0.4) is 0 Å². The molecule has 0 unspecified atom stereocenters. The van der Waals surface area contributed by atoms with E-state index in [1.54, 1.807) is 25.3 Å². The van der Waals surface area contributed by atoms with Gasteiger partial charge in [0, 0.05) is 17.8 Å². The fourth-order valence-electron chi connectivity index (χ4n) is 4.94. The fourth-order valence-corrected chi connectivity index (χ4v) is 4.94. The summed E-state index contributed by atoms with van der Waals surface area (Å²) < 4.78 is 28.2. The van der Waals surface area contributed by atoms with Gasteiger partial charge < -0.3 is 13.9 Å². The van der Waals surface area contributed by atoms with E-state index in [0.29, 0.717) is 29.4 Å². The summed E-state index contributed by atoms with van der Waals surface area (Å²) in [6.07, 6.45) is 5.56. The number of hydrogen-bond acceptors (Lipinski definition) is 5. The highest BCUT2D eigenvalue weighted by Crippen LogP contribution is 2.58. The Labute approximate surface area is 180 Å². The predicted molar refractivity (Wildman–Crippen MR) is 113 cm³/mol. The van der Waals surface area contributed by atoms with Gasteiger partial charge in [-0.2, -0.15) is 0 Å². The molecule has 3 aromatic rings. The molecule has 7 heteroatoms. The van der Waals surface area contributed by atoms with Gasteiger partial charge in [-0.05, 0) is 52.2 Å². The summed E-state index contributed by atoms with van der Waals surface area (Å²) in [7, 11) is 0. The molecule has 31 heavy (non-hydrogen) atoms. The van der Waals surface area contributed by atoms with Crippen LogP contribution in [0.25, 0.3) is 5.65 Å². The first kappa shape index (κ1) is 20.1. The zero-order valence-corrected chi connectivity index (χ0v) is 18.2. The number of Topliss-reactive ketones (excluding diaryl/α,β-unsaturated/α-hetero) is 1. The lowest BCUT2D eigenvalue weighted by atomic mass is 9.62. The molecule has 0 N–H and O–H groups in total.